The number of aliphatic hydroxyl groups is 1. The molecule has 6 atom stereocenters. The highest BCUT2D eigenvalue weighted by Crippen LogP contribution is 2.66. The Labute approximate surface area is 228 Å². The molecule has 3 aliphatic rings. The Morgan fingerprint density at radius 2 is 1.87 bits per heavy atom. The highest BCUT2D eigenvalue weighted by Gasteiger charge is 2.74. The number of carbonyl (C=O) groups is 3. The molecule has 2 aromatic carbocycles. The summed E-state index contributed by atoms with van der Waals surface area (Å²) in [5.74, 6) is -1.71. The molecule has 2 aromatic rings. The zero-order valence-corrected chi connectivity index (χ0v) is 23.3. The topological polar surface area (TPSA) is 98.7 Å². The first-order valence-corrected chi connectivity index (χ1v) is 14.4. The summed E-state index contributed by atoms with van der Waals surface area (Å²) in [7, 11) is 0. The molecular weight excluding hydrogens is 498 g/mol. The first-order valence-electron chi connectivity index (χ1n) is 13.5. The molecule has 3 saturated heterocycles. The molecule has 3 amide bonds. The average molecular weight is 536 g/mol. The normalized spacial score (nSPS) is 28.5. The smallest absolute Gasteiger partial charge is 0.248 e. The molecular formula is C30H37N3O4S. The molecule has 0 saturated carbocycles. The second kappa shape index (κ2) is 10.4. The Morgan fingerprint density at radius 3 is 2.55 bits per heavy atom. The van der Waals surface area contributed by atoms with Gasteiger partial charge in [-0.25, -0.2) is 0 Å². The third kappa shape index (κ3) is 4.41. The maximum absolute atomic E-state index is 14.2. The van der Waals surface area contributed by atoms with Crippen molar-refractivity contribution in [3.8, 4) is 0 Å². The lowest BCUT2D eigenvalue weighted by Gasteiger charge is -2.38. The number of anilines is 1. The second-order valence-electron chi connectivity index (χ2n) is 11.3. The molecule has 3 aliphatic heterocycles. The van der Waals surface area contributed by atoms with Crippen LogP contribution in [0.4, 0.5) is 5.69 Å². The fraction of sp³-hybridized carbons (Fsp3) is 0.500. The maximum atomic E-state index is 14.2. The van der Waals surface area contributed by atoms with Gasteiger partial charge in [-0.15, -0.1) is 11.8 Å². The third-order valence-electron chi connectivity index (χ3n) is 8.56. The van der Waals surface area contributed by atoms with Crippen molar-refractivity contribution in [1.82, 2.24) is 10.2 Å². The Bertz CT molecular complexity index is 1240. The summed E-state index contributed by atoms with van der Waals surface area (Å²) in [6.07, 6.45) is 1.48. The molecule has 0 aliphatic carbocycles. The van der Waals surface area contributed by atoms with E-state index in [1.165, 1.54) is 0 Å². The number of hydrogen-bond acceptors (Lipinski definition) is 5. The summed E-state index contributed by atoms with van der Waals surface area (Å²) in [5.41, 5.74) is 3.69. The molecule has 0 radical (unpaired) electrons. The van der Waals surface area contributed by atoms with Gasteiger partial charge < -0.3 is 20.6 Å². The van der Waals surface area contributed by atoms with E-state index in [0.717, 1.165) is 28.8 Å². The van der Waals surface area contributed by atoms with Gasteiger partial charge in [0.25, 0.3) is 0 Å². The summed E-state index contributed by atoms with van der Waals surface area (Å²) in [4.78, 5) is 43.5. The molecule has 3 heterocycles. The van der Waals surface area contributed by atoms with E-state index in [0.29, 0.717) is 13.0 Å². The van der Waals surface area contributed by atoms with Crippen molar-refractivity contribution in [3.05, 3.63) is 65.2 Å². The molecule has 3 N–H and O–H groups in total. The van der Waals surface area contributed by atoms with Gasteiger partial charge in [0.2, 0.25) is 17.7 Å². The van der Waals surface area contributed by atoms with Gasteiger partial charge in [-0.05, 0) is 55.4 Å². The van der Waals surface area contributed by atoms with E-state index in [-0.39, 0.29) is 35.5 Å². The van der Waals surface area contributed by atoms with Crippen LogP contribution in [0.3, 0.4) is 0 Å². The zero-order valence-electron chi connectivity index (χ0n) is 22.4. The second-order valence-corrected chi connectivity index (χ2v) is 12.9. The van der Waals surface area contributed by atoms with Crippen molar-refractivity contribution in [2.75, 3.05) is 11.9 Å². The maximum Gasteiger partial charge on any atom is 0.248 e. The van der Waals surface area contributed by atoms with E-state index in [1.54, 1.807) is 16.7 Å². The van der Waals surface area contributed by atoms with Crippen LogP contribution in [-0.4, -0.2) is 56.4 Å². The van der Waals surface area contributed by atoms with Crippen LogP contribution >= 0.6 is 11.8 Å². The van der Waals surface area contributed by atoms with Crippen LogP contribution in [-0.2, 0) is 20.9 Å². The van der Waals surface area contributed by atoms with Gasteiger partial charge in [-0.1, -0.05) is 56.3 Å². The highest BCUT2D eigenvalue weighted by atomic mass is 32.2. The van der Waals surface area contributed by atoms with Crippen molar-refractivity contribution in [1.29, 1.82) is 0 Å². The monoisotopic (exact) mass is 535 g/mol. The third-order valence-corrected chi connectivity index (χ3v) is 10.5. The molecule has 3 fully saturated rings. The van der Waals surface area contributed by atoms with E-state index in [2.05, 4.69) is 10.6 Å². The first kappa shape index (κ1) is 26.8. The van der Waals surface area contributed by atoms with Gasteiger partial charge in [0.15, 0.2) is 0 Å². The molecule has 7 nitrogen and oxygen atoms in total. The van der Waals surface area contributed by atoms with Gasteiger partial charge in [-0.2, -0.15) is 0 Å². The van der Waals surface area contributed by atoms with Crippen LogP contribution in [0.25, 0.3) is 0 Å². The molecule has 38 heavy (non-hydrogen) atoms. The summed E-state index contributed by atoms with van der Waals surface area (Å²) in [6.45, 7) is 7.98. The van der Waals surface area contributed by atoms with Gasteiger partial charge in [-0.3, -0.25) is 14.4 Å². The fourth-order valence-corrected chi connectivity index (χ4v) is 8.85. The molecule has 0 aromatic heterocycles. The average Bonchev–Trinajstić information content (AvgIpc) is 3.53. The number of thioether (sulfide) groups is 1. The standard InChI is InChI=1S/C30H37N3O4S/c1-17(2)22(16-34)33-26(28(36)32-21-14-18(3)10-11-19(21)4)30-13-12-23(38-30)24(25(30)29(33)37)27(35)31-15-20-8-6-5-7-9-20/h5-11,14,17,22-26,34H,12-13,15-16H2,1-4H3,(H,31,35)(H,32,36)/t22-,23-,24+,25-,26?,30?/m0/s1. The Hall–Kier alpha value is -2.84. The van der Waals surface area contributed by atoms with Crippen LogP contribution in [0.1, 0.15) is 43.4 Å². The Morgan fingerprint density at radius 1 is 1.13 bits per heavy atom. The van der Waals surface area contributed by atoms with Crippen LogP contribution in [0.2, 0.25) is 0 Å². The number of aliphatic hydroxyl groups excluding tert-OH is 1. The Balaban J connectivity index is 1.48. The molecule has 2 unspecified atom stereocenters. The molecule has 5 rings (SSSR count). The molecule has 8 heteroatoms. The van der Waals surface area contributed by atoms with Crippen LogP contribution in [0, 0.1) is 31.6 Å². The number of nitrogens with zero attached hydrogens (tertiary/aromatic N) is 1. The van der Waals surface area contributed by atoms with Gasteiger partial charge in [0.1, 0.15) is 6.04 Å². The van der Waals surface area contributed by atoms with E-state index in [1.807, 2.05) is 76.2 Å². The summed E-state index contributed by atoms with van der Waals surface area (Å²) < 4.78 is -0.694. The Kier molecular flexibility index (Phi) is 7.31. The number of rotatable bonds is 8. The first-order chi connectivity index (χ1) is 18.2. The summed E-state index contributed by atoms with van der Waals surface area (Å²) >= 11 is 1.64. The number of benzene rings is 2. The summed E-state index contributed by atoms with van der Waals surface area (Å²) in [5, 5.41) is 16.5. The fourth-order valence-electron chi connectivity index (χ4n) is 6.64. The van der Waals surface area contributed by atoms with Crippen molar-refractivity contribution in [2.24, 2.45) is 17.8 Å². The van der Waals surface area contributed by atoms with Crippen molar-refractivity contribution >= 4 is 35.2 Å². The number of likely N-dealkylation sites (tertiary alicyclic amines) is 1. The predicted molar refractivity (Wildman–Crippen MR) is 150 cm³/mol. The predicted octanol–water partition coefficient (Wildman–Crippen LogP) is 3.67. The minimum Gasteiger partial charge on any atom is -0.394 e. The molecule has 202 valence electrons. The van der Waals surface area contributed by atoms with E-state index >= 15 is 0 Å². The molecule has 1 spiro atoms. The lowest BCUT2D eigenvalue weighted by molar-refractivity contribution is -0.143. The van der Waals surface area contributed by atoms with Crippen LogP contribution < -0.4 is 10.6 Å². The van der Waals surface area contributed by atoms with Crippen molar-refractivity contribution in [2.45, 2.75) is 69.2 Å². The van der Waals surface area contributed by atoms with Gasteiger partial charge in [0.05, 0.1) is 29.2 Å². The minimum atomic E-state index is -0.763. The van der Waals surface area contributed by atoms with Gasteiger partial charge in [0, 0.05) is 17.5 Å². The SMILES string of the molecule is Cc1ccc(C)c(NC(=O)C2N([C@@H](CO)C(C)C)C(=O)[C@@H]3[C@H](C(=O)NCc4ccccc4)[C@@H]4CCC23S4)c1. The van der Waals surface area contributed by atoms with Crippen molar-refractivity contribution in [3.63, 3.8) is 0 Å². The zero-order chi connectivity index (χ0) is 27.2. The lowest BCUT2D eigenvalue weighted by atomic mass is 9.70. The van der Waals surface area contributed by atoms with Gasteiger partial charge >= 0.3 is 0 Å². The summed E-state index contributed by atoms with van der Waals surface area (Å²) in [6, 6.07) is 14.4. The van der Waals surface area contributed by atoms with Crippen molar-refractivity contribution < 1.29 is 19.5 Å². The number of carbonyl (C=O) groups excluding carboxylic acids is 3. The molecule has 2 bridgehead atoms. The van der Waals surface area contributed by atoms with Crippen LogP contribution in [0.5, 0.6) is 0 Å². The number of nitrogens with one attached hydrogen (secondary N) is 2. The largest absolute Gasteiger partial charge is 0.394 e. The van der Waals surface area contributed by atoms with E-state index in [9.17, 15) is 19.5 Å². The quantitative estimate of drug-likeness (QED) is 0.479. The van der Waals surface area contributed by atoms with Crippen LogP contribution in [0.15, 0.2) is 48.5 Å². The lowest BCUT2D eigenvalue weighted by Crippen LogP contribution is -2.56. The highest BCUT2D eigenvalue weighted by molar-refractivity contribution is 8.02. The number of hydrogen-bond donors (Lipinski definition) is 3. The number of aryl methyl sites for hydroxylation is 2. The number of fused-ring (bicyclic) bond motifs is 1. The number of amides is 3. The van der Waals surface area contributed by atoms with E-state index < -0.39 is 28.7 Å². The minimum absolute atomic E-state index is 0.00972. The van der Waals surface area contributed by atoms with E-state index in [4.69, 9.17) is 0 Å².